The molecule has 14 heavy (non-hydrogen) atoms. The van der Waals surface area contributed by atoms with Crippen LogP contribution < -0.4 is 0 Å². The Bertz CT molecular complexity index is 277. The number of aryl methyl sites for hydroxylation is 2. The zero-order valence-corrected chi connectivity index (χ0v) is 10.1. The Morgan fingerprint density at radius 3 is 2.50 bits per heavy atom. The fourth-order valence-electron chi connectivity index (χ4n) is 1.31. The minimum absolute atomic E-state index is 0.310. The third-order valence-corrected chi connectivity index (χ3v) is 3.15. The van der Waals surface area contributed by atoms with E-state index in [0.717, 1.165) is 10.7 Å². The van der Waals surface area contributed by atoms with Crippen LogP contribution in [0.2, 0.25) is 0 Å². The van der Waals surface area contributed by atoms with Gasteiger partial charge in [0.15, 0.2) is 0 Å². The van der Waals surface area contributed by atoms with E-state index in [9.17, 15) is 5.11 Å². The minimum atomic E-state index is -0.310. The molecule has 0 saturated carbocycles. The van der Waals surface area contributed by atoms with E-state index in [0.29, 0.717) is 13.0 Å². The van der Waals surface area contributed by atoms with Gasteiger partial charge in [-0.25, -0.2) is 4.98 Å². The van der Waals surface area contributed by atoms with Crippen molar-refractivity contribution in [1.29, 1.82) is 0 Å². The summed E-state index contributed by atoms with van der Waals surface area (Å²) in [6.45, 7) is 4.76. The Kier molecular flexibility index (Phi) is 4.04. The fourth-order valence-corrected chi connectivity index (χ4v) is 2.32. The van der Waals surface area contributed by atoms with Gasteiger partial charge in [-0.2, -0.15) is 0 Å². The van der Waals surface area contributed by atoms with Crippen molar-refractivity contribution in [3.8, 4) is 0 Å². The van der Waals surface area contributed by atoms with Gasteiger partial charge < -0.3 is 10.0 Å². The molecule has 3 nitrogen and oxygen atoms in total. The van der Waals surface area contributed by atoms with Crippen molar-refractivity contribution in [3.63, 3.8) is 0 Å². The van der Waals surface area contributed by atoms with Gasteiger partial charge in [-0.15, -0.1) is 11.3 Å². The lowest BCUT2D eigenvalue weighted by atomic mass is 10.2. The van der Waals surface area contributed by atoms with Gasteiger partial charge in [-0.3, -0.25) is 0 Å². The fraction of sp³-hybridized carbons (Fsp3) is 0.700. The van der Waals surface area contributed by atoms with Crippen LogP contribution in [0.15, 0.2) is 0 Å². The standard InChI is InChI=1S/C10H18N2OS/c1-7-8(2)14-10(11-7)5-9(13)6-12(3)4/h9,13H,5-6H2,1-4H3. The molecule has 1 N–H and O–H groups in total. The van der Waals surface area contributed by atoms with E-state index in [-0.39, 0.29) is 6.10 Å². The monoisotopic (exact) mass is 214 g/mol. The maximum atomic E-state index is 9.70. The summed E-state index contributed by atoms with van der Waals surface area (Å²) in [5.41, 5.74) is 1.09. The van der Waals surface area contributed by atoms with Gasteiger partial charge in [-0.1, -0.05) is 0 Å². The average molecular weight is 214 g/mol. The van der Waals surface area contributed by atoms with E-state index in [4.69, 9.17) is 0 Å². The summed E-state index contributed by atoms with van der Waals surface area (Å²) in [5.74, 6) is 0. The lowest BCUT2D eigenvalue weighted by Crippen LogP contribution is -2.27. The average Bonchev–Trinajstić information content (AvgIpc) is 2.28. The number of aliphatic hydroxyl groups is 1. The summed E-state index contributed by atoms with van der Waals surface area (Å²) in [7, 11) is 3.92. The molecule has 80 valence electrons. The lowest BCUT2D eigenvalue weighted by molar-refractivity contribution is 0.137. The number of nitrogens with zero attached hydrogens (tertiary/aromatic N) is 2. The van der Waals surface area contributed by atoms with Crippen molar-refractivity contribution in [3.05, 3.63) is 15.6 Å². The molecule has 1 aromatic heterocycles. The van der Waals surface area contributed by atoms with E-state index in [1.54, 1.807) is 11.3 Å². The largest absolute Gasteiger partial charge is 0.391 e. The Hall–Kier alpha value is -0.450. The van der Waals surface area contributed by atoms with Crippen LogP contribution in [0.25, 0.3) is 0 Å². The highest BCUT2D eigenvalue weighted by Crippen LogP contribution is 2.17. The first-order chi connectivity index (χ1) is 6.49. The minimum Gasteiger partial charge on any atom is -0.391 e. The van der Waals surface area contributed by atoms with Crippen molar-refractivity contribution >= 4 is 11.3 Å². The van der Waals surface area contributed by atoms with E-state index in [1.165, 1.54) is 4.88 Å². The molecular formula is C10H18N2OS. The molecule has 0 aliphatic carbocycles. The van der Waals surface area contributed by atoms with E-state index in [2.05, 4.69) is 11.9 Å². The summed E-state index contributed by atoms with van der Waals surface area (Å²) in [6, 6.07) is 0. The van der Waals surface area contributed by atoms with Crippen LogP contribution in [0.5, 0.6) is 0 Å². The van der Waals surface area contributed by atoms with Crippen LogP contribution in [-0.4, -0.2) is 41.7 Å². The summed E-state index contributed by atoms with van der Waals surface area (Å²) in [5, 5.41) is 10.7. The number of likely N-dealkylation sites (N-methyl/N-ethyl adjacent to an activating group) is 1. The maximum absolute atomic E-state index is 9.70. The molecule has 0 saturated heterocycles. The first kappa shape index (κ1) is 11.6. The number of hydrogen-bond donors (Lipinski definition) is 1. The molecule has 0 aromatic carbocycles. The van der Waals surface area contributed by atoms with Crippen LogP contribution in [0.1, 0.15) is 15.6 Å². The number of aromatic nitrogens is 1. The predicted octanol–water partition coefficient (Wildman–Crippen LogP) is 1.22. The number of aliphatic hydroxyl groups excluding tert-OH is 1. The van der Waals surface area contributed by atoms with E-state index in [1.807, 2.05) is 25.9 Å². The smallest absolute Gasteiger partial charge is 0.0957 e. The van der Waals surface area contributed by atoms with Crippen molar-refractivity contribution < 1.29 is 5.11 Å². The maximum Gasteiger partial charge on any atom is 0.0957 e. The molecule has 0 bridgehead atoms. The number of rotatable bonds is 4. The van der Waals surface area contributed by atoms with Crippen LogP contribution in [0, 0.1) is 13.8 Å². The second-order valence-electron chi connectivity index (χ2n) is 3.87. The quantitative estimate of drug-likeness (QED) is 0.819. The second kappa shape index (κ2) is 4.87. The molecule has 1 unspecified atom stereocenters. The molecule has 1 aromatic rings. The highest BCUT2D eigenvalue weighted by molar-refractivity contribution is 7.11. The Morgan fingerprint density at radius 1 is 1.43 bits per heavy atom. The van der Waals surface area contributed by atoms with Crippen molar-refractivity contribution in [2.75, 3.05) is 20.6 Å². The molecule has 0 fully saturated rings. The van der Waals surface area contributed by atoms with E-state index >= 15 is 0 Å². The second-order valence-corrected chi connectivity index (χ2v) is 5.16. The van der Waals surface area contributed by atoms with Gasteiger partial charge >= 0.3 is 0 Å². The van der Waals surface area contributed by atoms with Crippen molar-refractivity contribution in [2.45, 2.75) is 26.4 Å². The van der Waals surface area contributed by atoms with Gasteiger partial charge in [0.25, 0.3) is 0 Å². The topological polar surface area (TPSA) is 36.4 Å². The molecule has 0 amide bonds. The Morgan fingerprint density at radius 2 is 2.07 bits per heavy atom. The zero-order valence-electron chi connectivity index (χ0n) is 9.24. The summed E-state index contributed by atoms with van der Waals surface area (Å²) in [4.78, 5) is 7.63. The molecule has 1 rings (SSSR count). The molecule has 1 atom stereocenters. The van der Waals surface area contributed by atoms with Gasteiger partial charge in [0.05, 0.1) is 16.8 Å². The molecule has 4 heteroatoms. The van der Waals surface area contributed by atoms with Gasteiger partial charge in [-0.05, 0) is 27.9 Å². The van der Waals surface area contributed by atoms with Crippen molar-refractivity contribution in [1.82, 2.24) is 9.88 Å². The molecule has 0 radical (unpaired) electrons. The molecule has 1 heterocycles. The zero-order chi connectivity index (χ0) is 10.7. The van der Waals surface area contributed by atoms with Crippen molar-refractivity contribution in [2.24, 2.45) is 0 Å². The first-order valence-electron chi connectivity index (χ1n) is 4.74. The Balaban J connectivity index is 2.51. The first-order valence-corrected chi connectivity index (χ1v) is 5.56. The number of hydrogen-bond acceptors (Lipinski definition) is 4. The predicted molar refractivity (Wildman–Crippen MR) is 59.9 cm³/mol. The van der Waals surface area contributed by atoms with Gasteiger partial charge in [0.1, 0.15) is 0 Å². The highest BCUT2D eigenvalue weighted by atomic mass is 32.1. The normalized spacial score (nSPS) is 13.6. The molecule has 0 aliphatic heterocycles. The summed E-state index contributed by atoms with van der Waals surface area (Å²) in [6.07, 6.45) is 0.354. The molecule has 0 spiro atoms. The summed E-state index contributed by atoms with van der Waals surface area (Å²) >= 11 is 1.68. The molecular weight excluding hydrogens is 196 g/mol. The third-order valence-electron chi connectivity index (χ3n) is 2.06. The van der Waals surface area contributed by atoms with Crippen LogP contribution in [-0.2, 0) is 6.42 Å². The van der Waals surface area contributed by atoms with Crippen LogP contribution in [0.4, 0.5) is 0 Å². The lowest BCUT2D eigenvalue weighted by Gasteiger charge is -2.14. The highest BCUT2D eigenvalue weighted by Gasteiger charge is 2.10. The third kappa shape index (κ3) is 3.36. The molecule has 0 aliphatic rings. The van der Waals surface area contributed by atoms with Crippen LogP contribution in [0.3, 0.4) is 0 Å². The SMILES string of the molecule is Cc1nc(CC(O)CN(C)C)sc1C. The summed E-state index contributed by atoms with van der Waals surface area (Å²) < 4.78 is 0. The van der Waals surface area contributed by atoms with Gasteiger partial charge in [0, 0.05) is 17.8 Å². The van der Waals surface area contributed by atoms with Gasteiger partial charge in [0.2, 0.25) is 0 Å². The van der Waals surface area contributed by atoms with Crippen LogP contribution >= 0.6 is 11.3 Å². The number of thiazole rings is 1. The Labute approximate surface area is 89.4 Å². The van der Waals surface area contributed by atoms with E-state index < -0.39 is 0 Å².